The van der Waals surface area contributed by atoms with Gasteiger partial charge in [0.05, 0.1) is 31.4 Å². The van der Waals surface area contributed by atoms with Gasteiger partial charge in [-0.15, -0.1) is 0 Å². The smallest absolute Gasteiger partial charge is 0.416 e. The second-order valence-electron chi connectivity index (χ2n) is 7.84. The molecule has 0 spiro atoms. The summed E-state index contributed by atoms with van der Waals surface area (Å²) < 4.78 is 64.2. The highest BCUT2D eigenvalue weighted by molar-refractivity contribution is 6.51. The minimum absolute atomic E-state index is 0.0453. The van der Waals surface area contributed by atoms with Crippen molar-refractivity contribution in [2.75, 3.05) is 19.1 Å². The van der Waals surface area contributed by atoms with Gasteiger partial charge in [0.15, 0.2) is 11.5 Å². The molecule has 0 aromatic heterocycles. The molecule has 0 aliphatic carbocycles. The van der Waals surface area contributed by atoms with Gasteiger partial charge >= 0.3 is 6.18 Å². The highest BCUT2D eigenvalue weighted by atomic mass is 19.4. The summed E-state index contributed by atoms with van der Waals surface area (Å²) in [6.07, 6.45) is -4.70. The lowest BCUT2D eigenvalue weighted by atomic mass is 9.94. The van der Waals surface area contributed by atoms with Crippen LogP contribution in [-0.4, -0.2) is 31.0 Å². The highest BCUT2D eigenvalue weighted by Crippen LogP contribution is 2.45. The Hall–Kier alpha value is -4.34. The monoisotopic (exact) mass is 501 g/mol. The van der Waals surface area contributed by atoms with Gasteiger partial charge in [0.25, 0.3) is 11.7 Å². The van der Waals surface area contributed by atoms with Crippen LogP contribution >= 0.6 is 0 Å². The van der Waals surface area contributed by atoms with Crippen LogP contribution in [0.4, 0.5) is 23.2 Å². The molecule has 0 bridgehead atoms. The summed E-state index contributed by atoms with van der Waals surface area (Å²) in [7, 11) is 2.77. The maximum Gasteiger partial charge on any atom is 0.416 e. The molecule has 1 heterocycles. The average molecular weight is 501 g/mol. The summed E-state index contributed by atoms with van der Waals surface area (Å²) in [4.78, 5) is 27.2. The van der Waals surface area contributed by atoms with Crippen molar-refractivity contribution in [2.24, 2.45) is 0 Å². The Balaban J connectivity index is 1.97. The third-order valence-corrected chi connectivity index (χ3v) is 5.74. The number of aliphatic hydroxyl groups is 1. The zero-order chi connectivity index (χ0) is 26.2. The average Bonchev–Trinajstić information content (AvgIpc) is 3.13. The Morgan fingerprint density at radius 1 is 0.917 bits per heavy atom. The normalized spacial score (nSPS) is 17.4. The molecule has 10 heteroatoms. The summed E-state index contributed by atoms with van der Waals surface area (Å²) in [5.41, 5.74) is -1.30. The van der Waals surface area contributed by atoms with Crippen LogP contribution < -0.4 is 14.4 Å². The number of Topliss-reactive ketones (excluding diaryl/α,β-unsaturated/α-hetero) is 1. The van der Waals surface area contributed by atoms with Gasteiger partial charge in [-0.1, -0.05) is 12.1 Å². The largest absolute Gasteiger partial charge is 0.507 e. The highest BCUT2D eigenvalue weighted by Gasteiger charge is 2.47. The second-order valence-corrected chi connectivity index (χ2v) is 7.84. The van der Waals surface area contributed by atoms with E-state index in [1.54, 1.807) is 0 Å². The molecule has 0 unspecified atom stereocenters. The van der Waals surface area contributed by atoms with Crippen LogP contribution in [-0.2, 0) is 15.8 Å². The molecule has 1 aliphatic heterocycles. The molecule has 4 rings (SSSR count). The molecule has 0 saturated carbocycles. The van der Waals surface area contributed by atoms with E-state index in [2.05, 4.69) is 0 Å². The van der Waals surface area contributed by atoms with Gasteiger partial charge < -0.3 is 14.6 Å². The van der Waals surface area contributed by atoms with Gasteiger partial charge in [-0.05, 0) is 60.2 Å². The van der Waals surface area contributed by atoms with E-state index in [0.29, 0.717) is 5.75 Å². The fourth-order valence-corrected chi connectivity index (χ4v) is 4.03. The van der Waals surface area contributed by atoms with Crippen LogP contribution in [0, 0.1) is 5.82 Å². The van der Waals surface area contributed by atoms with Crippen molar-refractivity contribution in [1.82, 2.24) is 0 Å². The first-order valence-corrected chi connectivity index (χ1v) is 10.5. The number of nitrogens with zero attached hydrogens (tertiary/aromatic N) is 1. The summed E-state index contributed by atoms with van der Waals surface area (Å²) in [5, 5.41) is 11.0. The van der Waals surface area contributed by atoms with Gasteiger partial charge in [-0.25, -0.2) is 4.39 Å². The Morgan fingerprint density at radius 3 is 2.19 bits per heavy atom. The molecule has 0 radical (unpaired) electrons. The molecule has 6 nitrogen and oxygen atoms in total. The molecular weight excluding hydrogens is 482 g/mol. The van der Waals surface area contributed by atoms with E-state index in [1.165, 1.54) is 50.6 Å². The van der Waals surface area contributed by atoms with Crippen molar-refractivity contribution < 1.29 is 41.7 Å². The van der Waals surface area contributed by atoms with Crippen LogP contribution in [0.15, 0.2) is 72.3 Å². The Labute approximate surface area is 203 Å². The number of ketones is 1. The number of amides is 1. The fraction of sp³-hybridized carbons (Fsp3) is 0.154. The standard InChI is InChI=1S/C26H19F4NO5/c1-35-19-11-8-15(12-20(19)36-2)22-21(23(32)14-6-9-17(27)10-7-14)24(33)25(34)31(22)18-5-3-4-16(13-18)26(28,29)30/h3-13,22,32H,1-2H3/t22-/m1/s1. The van der Waals surface area contributed by atoms with Crippen LogP contribution in [0.2, 0.25) is 0 Å². The number of benzene rings is 3. The third kappa shape index (κ3) is 4.37. The van der Waals surface area contributed by atoms with Gasteiger partial charge in [0.1, 0.15) is 11.6 Å². The van der Waals surface area contributed by atoms with Gasteiger partial charge in [0, 0.05) is 11.3 Å². The van der Waals surface area contributed by atoms with E-state index in [-0.39, 0.29) is 28.1 Å². The van der Waals surface area contributed by atoms with Gasteiger partial charge in [0.2, 0.25) is 0 Å². The third-order valence-electron chi connectivity index (χ3n) is 5.74. The number of carbonyl (C=O) groups is 2. The van der Waals surface area contributed by atoms with E-state index in [9.17, 15) is 32.3 Å². The lowest BCUT2D eigenvalue weighted by Crippen LogP contribution is -2.29. The number of aliphatic hydroxyl groups excluding tert-OH is 1. The Bertz CT molecular complexity index is 1370. The zero-order valence-corrected chi connectivity index (χ0v) is 19.0. The molecule has 1 aliphatic rings. The number of methoxy groups -OCH3 is 2. The molecular formula is C26H19F4NO5. The number of ether oxygens (including phenoxy) is 2. The summed E-state index contributed by atoms with van der Waals surface area (Å²) >= 11 is 0. The SMILES string of the molecule is COc1ccc([C@@H]2C(=C(O)c3ccc(F)cc3)C(=O)C(=O)N2c2cccc(C(F)(F)F)c2)cc1OC. The van der Waals surface area contributed by atoms with Gasteiger partial charge in [-0.3, -0.25) is 14.5 Å². The van der Waals surface area contributed by atoms with Crippen LogP contribution in [0.25, 0.3) is 5.76 Å². The van der Waals surface area contributed by atoms with Crippen LogP contribution in [0.1, 0.15) is 22.7 Å². The van der Waals surface area contributed by atoms with E-state index in [1.807, 2.05) is 0 Å². The maximum atomic E-state index is 13.4. The summed E-state index contributed by atoms with van der Waals surface area (Å²) in [5.74, 6) is -2.90. The molecule has 186 valence electrons. The Kier molecular flexibility index (Phi) is 6.45. The second kappa shape index (κ2) is 9.37. The van der Waals surface area contributed by atoms with Crippen molar-refractivity contribution in [3.63, 3.8) is 0 Å². The molecule has 3 aromatic rings. The molecule has 1 amide bonds. The van der Waals surface area contributed by atoms with E-state index >= 15 is 0 Å². The number of rotatable bonds is 5. The fourth-order valence-electron chi connectivity index (χ4n) is 4.03. The molecule has 1 saturated heterocycles. The predicted octanol–water partition coefficient (Wildman–Crippen LogP) is 5.49. The van der Waals surface area contributed by atoms with E-state index in [0.717, 1.165) is 35.2 Å². The molecule has 1 atom stereocenters. The minimum atomic E-state index is -4.70. The number of halogens is 4. The predicted molar refractivity (Wildman–Crippen MR) is 122 cm³/mol. The number of carbonyl (C=O) groups excluding carboxylic acids is 2. The molecule has 36 heavy (non-hydrogen) atoms. The lowest BCUT2D eigenvalue weighted by molar-refractivity contribution is -0.137. The van der Waals surface area contributed by atoms with Crippen LogP contribution in [0.3, 0.4) is 0 Å². The number of hydrogen-bond donors (Lipinski definition) is 1. The number of hydrogen-bond acceptors (Lipinski definition) is 5. The van der Waals surface area contributed by atoms with E-state index < -0.39 is 41.0 Å². The first kappa shape index (κ1) is 24.8. The van der Waals surface area contributed by atoms with Crippen molar-refractivity contribution in [1.29, 1.82) is 0 Å². The lowest BCUT2D eigenvalue weighted by Gasteiger charge is -2.26. The first-order chi connectivity index (χ1) is 17.1. The molecule has 1 N–H and O–H groups in total. The minimum Gasteiger partial charge on any atom is -0.507 e. The van der Waals surface area contributed by atoms with Crippen LogP contribution in [0.5, 0.6) is 11.5 Å². The number of alkyl halides is 3. The summed E-state index contributed by atoms with van der Waals surface area (Å²) in [6.45, 7) is 0. The van der Waals surface area contributed by atoms with Crippen molar-refractivity contribution in [3.8, 4) is 11.5 Å². The van der Waals surface area contributed by atoms with Crippen molar-refractivity contribution in [2.45, 2.75) is 12.2 Å². The maximum absolute atomic E-state index is 13.4. The van der Waals surface area contributed by atoms with Gasteiger partial charge in [-0.2, -0.15) is 13.2 Å². The zero-order valence-electron chi connectivity index (χ0n) is 19.0. The van der Waals surface area contributed by atoms with Crippen molar-refractivity contribution >= 4 is 23.1 Å². The number of anilines is 1. The van der Waals surface area contributed by atoms with E-state index in [4.69, 9.17) is 9.47 Å². The van der Waals surface area contributed by atoms with Crippen molar-refractivity contribution in [3.05, 3.63) is 94.8 Å². The first-order valence-electron chi connectivity index (χ1n) is 10.5. The summed E-state index contributed by atoms with van der Waals surface area (Å²) in [6, 6.07) is 11.6. The quantitative estimate of drug-likeness (QED) is 0.217. The molecule has 3 aromatic carbocycles. The Morgan fingerprint density at radius 2 is 1.58 bits per heavy atom. The molecule has 1 fully saturated rings. The topological polar surface area (TPSA) is 76.1 Å².